The molecule has 2 aromatic rings. The molecule has 1 aromatic carbocycles. The van der Waals surface area contributed by atoms with Gasteiger partial charge in [-0.25, -0.2) is 0 Å². The maximum atomic E-state index is 8.86. The first-order chi connectivity index (χ1) is 6.18. The molecule has 13 heavy (non-hydrogen) atoms. The normalized spacial score (nSPS) is 10.7. The molecule has 0 aliphatic carbocycles. The Labute approximate surface area is 83.3 Å². The van der Waals surface area contributed by atoms with Gasteiger partial charge in [-0.2, -0.15) is 0 Å². The summed E-state index contributed by atoms with van der Waals surface area (Å²) < 4.78 is 6.02. The molecule has 0 radical (unpaired) electrons. The molecule has 66 valence electrons. The van der Waals surface area contributed by atoms with Gasteiger partial charge in [-0.1, -0.05) is 12.1 Å². The number of hydrogen-bond donors (Lipinski definition) is 2. The lowest BCUT2D eigenvalue weighted by Crippen LogP contribution is -2.27. The van der Waals surface area contributed by atoms with Crippen LogP contribution in [-0.2, 0) is 0 Å². The number of furan rings is 1. The molecule has 0 spiro atoms. The van der Waals surface area contributed by atoms with E-state index in [1.807, 2.05) is 18.2 Å². The molecule has 0 saturated heterocycles. The SMILES string of the molecule is OB(O)c1cc2cccc(Br)c2o1. The van der Waals surface area contributed by atoms with Gasteiger partial charge in [-0.3, -0.25) is 0 Å². The summed E-state index contributed by atoms with van der Waals surface area (Å²) >= 11 is 3.30. The Kier molecular flexibility index (Phi) is 2.15. The second-order valence-corrected chi connectivity index (χ2v) is 3.53. The zero-order valence-corrected chi connectivity index (χ0v) is 8.15. The molecule has 2 rings (SSSR count). The van der Waals surface area contributed by atoms with E-state index in [1.54, 1.807) is 6.07 Å². The van der Waals surface area contributed by atoms with Gasteiger partial charge in [-0.05, 0) is 28.1 Å². The summed E-state index contributed by atoms with van der Waals surface area (Å²) in [7, 11) is -1.56. The largest absolute Gasteiger partial charge is 0.526 e. The second-order valence-electron chi connectivity index (χ2n) is 2.68. The molecule has 0 aliphatic rings. The summed E-state index contributed by atoms with van der Waals surface area (Å²) in [6, 6.07) is 7.13. The molecule has 1 heterocycles. The van der Waals surface area contributed by atoms with Crippen molar-refractivity contribution in [2.75, 3.05) is 0 Å². The third-order valence-corrected chi connectivity index (χ3v) is 2.39. The third-order valence-electron chi connectivity index (χ3n) is 1.77. The van der Waals surface area contributed by atoms with E-state index in [4.69, 9.17) is 14.5 Å². The van der Waals surface area contributed by atoms with Gasteiger partial charge in [0.15, 0.2) is 0 Å². The number of para-hydroxylation sites is 1. The molecule has 0 amide bonds. The van der Waals surface area contributed by atoms with Gasteiger partial charge in [0.25, 0.3) is 0 Å². The minimum atomic E-state index is -1.56. The summed E-state index contributed by atoms with van der Waals surface area (Å²) in [6.45, 7) is 0. The van der Waals surface area contributed by atoms with E-state index in [2.05, 4.69) is 15.9 Å². The molecule has 0 unspecified atom stereocenters. The van der Waals surface area contributed by atoms with Gasteiger partial charge in [-0.15, -0.1) is 0 Å². The Morgan fingerprint density at radius 1 is 1.31 bits per heavy atom. The van der Waals surface area contributed by atoms with Crippen molar-refractivity contribution in [3.63, 3.8) is 0 Å². The van der Waals surface area contributed by atoms with Crippen LogP contribution < -0.4 is 5.66 Å². The van der Waals surface area contributed by atoms with Crippen LogP contribution in [-0.4, -0.2) is 17.2 Å². The lowest BCUT2D eigenvalue weighted by molar-refractivity contribution is 0.412. The summed E-state index contributed by atoms with van der Waals surface area (Å²) in [5, 5.41) is 18.6. The fourth-order valence-electron chi connectivity index (χ4n) is 1.17. The van der Waals surface area contributed by atoms with Crippen molar-refractivity contribution in [2.45, 2.75) is 0 Å². The van der Waals surface area contributed by atoms with E-state index in [0.29, 0.717) is 5.58 Å². The van der Waals surface area contributed by atoms with Crippen molar-refractivity contribution >= 4 is 39.7 Å². The lowest BCUT2D eigenvalue weighted by Gasteiger charge is -1.91. The van der Waals surface area contributed by atoms with Crippen LogP contribution in [0.5, 0.6) is 0 Å². The summed E-state index contributed by atoms with van der Waals surface area (Å²) in [5.74, 6) is 0. The molecule has 0 aliphatic heterocycles. The Morgan fingerprint density at radius 3 is 2.69 bits per heavy atom. The van der Waals surface area contributed by atoms with Crippen LogP contribution >= 0.6 is 15.9 Å². The number of halogens is 1. The standard InChI is InChI=1S/C8H6BBrO3/c10-6-3-1-2-5-4-7(9(11)12)13-8(5)6/h1-4,11-12H. The van der Waals surface area contributed by atoms with Gasteiger partial charge < -0.3 is 14.5 Å². The fourth-order valence-corrected chi connectivity index (χ4v) is 1.64. The molecular weight excluding hydrogens is 235 g/mol. The van der Waals surface area contributed by atoms with Crippen LogP contribution in [0.2, 0.25) is 0 Å². The topological polar surface area (TPSA) is 53.6 Å². The van der Waals surface area contributed by atoms with Crippen LogP contribution in [0.25, 0.3) is 11.0 Å². The molecule has 0 bridgehead atoms. The van der Waals surface area contributed by atoms with Crippen LogP contribution in [0.15, 0.2) is 33.2 Å². The van der Waals surface area contributed by atoms with Gasteiger partial charge in [0.05, 0.1) is 4.47 Å². The Bertz CT molecular complexity index is 438. The smallest absolute Gasteiger partial charge is 0.463 e. The Balaban J connectivity index is 2.68. The average molecular weight is 241 g/mol. The minimum Gasteiger partial charge on any atom is -0.463 e. The predicted molar refractivity (Wildman–Crippen MR) is 53.7 cm³/mol. The van der Waals surface area contributed by atoms with Crippen molar-refractivity contribution < 1.29 is 14.5 Å². The van der Waals surface area contributed by atoms with E-state index in [9.17, 15) is 0 Å². The van der Waals surface area contributed by atoms with E-state index in [-0.39, 0.29) is 5.66 Å². The lowest BCUT2D eigenvalue weighted by atomic mass is 9.88. The van der Waals surface area contributed by atoms with E-state index in [0.717, 1.165) is 9.86 Å². The van der Waals surface area contributed by atoms with Crippen molar-refractivity contribution in [2.24, 2.45) is 0 Å². The van der Waals surface area contributed by atoms with Crippen molar-refractivity contribution in [1.82, 2.24) is 0 Å². The number of hydrogen-bond acceptors (Lipinski definition) is 3. The molecule has 0 saturated carbocycles. The monoisotopic (exact) mass is 240 g/mol. The van der Waals surface area contributed by atoms with Crippen LogP contribution in [0.3, 0.4) is 0 Å². The zero-order chi connectivity index (χ0) is 9.42. The highest BCUT2D eigenvalue weighted by atomic mass is 79.9. The third kappa shape index (κ3) is 1.50. The number of fused-ring (bicyclic) bond motifs is 1. The van der Waals surface area contributed by atoms with Crippen LogP contribution in [0.1, 0.15) is 0 Å². The molecule has 0 atom stereocenters. The van der Waals surface area contributed by atoms with E-state index in [1.165, 1.54) is 0 Å². The predicted octanol–water partition coefficient (Wildman–Crippen LogP) is 0.875. The van der Waals surface area contributed by atoms with Gasteiger partial charge >= 0.3 is 7.12 Å². The van der Waals surface area contributed by atoms with Crippen molar-refractivity contribution in [3.8, 4) is 0 Å². The highest BCUT2D eigenvalue weighted by Crippen LogP contribution is 2.23. The highest BCUT2D eigenvalue weighted by molar-refractivity contribution is 9.10. The maximum absolute atomic E-state index is 8.86. The molecular formula is C8H6BBrO3. The van der Waals surface area contributed by atoms with Crippen LogP contribution in [0, 0.1) is 0 Å². The van der Waals surface area contributed by atoms with Gasteiger partial charge in [0.1, 0.15) is 11.2 Å². The molecule has 3 nitrogen and oxygen atoms in total. The first kappa shape index (κ1) is 8.81. The second kappa shape index (κ2) is 3.18. The quantitative estimate of drug-likeness (QED) is 0.728. The van der Waals surface area contributed by atoms with E-state index >= 15 is 0 Å². The highest BCUT2D eigenvalue weighted by Gasteiger charge is 2.17. The van der Waals surface area contributed by atoms with Gasteiger partial charge in [0.2, 0.25) is 0 Å². The minimum absolute atomic E-state index is 0.155. The van der Waals surface area contributed by atoms with Gasteiger partial charge in [0, 0.05) is 5.39 Å². The summed E-state index contributed by atoms with van der Waals surface area (Å²) in [4.78, 5) is 0. The fraction of sp³-hybridized carbons (Fsp3) is 0. The summed E-state index contributed by atoms with van der Waals surface area (Å²) in [5.41, 5.74) is 0.785. The first-order valence-electron chi connectivity index (χ1n) is 3.72. The molecule has 0 fully saturated rings. The summed E-state index contributed by atoms with van der Waals surface area (Å²) in [6.07, 6.45) is 0. The first-order valence-corrected chi connectivity index (χ1v) is 4.52. The molecule has 2 N–H and O–H groups in total. The van der Waals surface area contributed by atoms with E-state index < -0.39 is 7.12 Å². The number of benzene rings is 1. The Hall–Kier alpha value is -0.775. The van der Waals surface area contributed by atoms with Crippen molar-refractivity contribution in [3.05, 3.63) is 28.7 Å². The maximum Gasteiger partial charge on any atom is 0.526 e. The zero-order valence-electron chi connectivity index (χ0n) is 6.57. The molecule has 5 heteroatoms. The molecule has 1 aromatic heterocycles. The number of rotatable bonds is 1. The van der Waals surface area contributed by atoms with Crippen molar-refractivity contribution in [1.29, 1.82) is 0 Å². The average Bonchev–Trinajstić information content (AvgIpc) is 2.49. The Morgan fingerprint density at radius 2 is 2.08 bits per heavy atom. The van der Waals surface area contributed by atoms with Crippen LogP contribution in [0.4, 0.5) is 0 Å².